The molecule has 7 nitrogen and oxygen atoms in total. The Morgan fingerprint density at radius 2 is 1.87 bits per heavy atom. The molecule has 0 heterocycles. The lowest BCUT2D eigenvalue weighted by atomic mass is 10.2. The van der Waals surface area contributed by atoms with Gasteiger partial charge in [-0.3, -0.25) is 14.9 Å². The van der Waals surface area contributed by atoms with Crippen LogP contribution in [0, 0.1) is 10.1 Å². The molecule has 1 aromatic carbocycles. The maximum Gasteiger partial charge on any atom is 0.172 e. The number of nitro groups is 1. The van der Waals surface area contributed by atoms with E-state index in [-0.39, 0.29) is 11.4 Å². The van der Waals surface area contributed by atoms with E-state index < -0.39 is 15.1 Å². The highest BCUT2D eigenvalue weighted by atomic mass is 32.2. The van der Waals surface area contributed by atoms with E-state index in [0.717, 1.165) is 5.56 Å². The van der Waals surface area contributed by atoms with Gasteiger partial charge in [-0.1, -0.05) is 12.1 Å². The molecule has 0 fully saturated rings. The van der Waals surface area contributed by atoms with Crippen molar-refractivity contribution in [1.82, 2.24) is 0 Å². The van der Waals surface area contributed by atoms with Crippen molar-refractivity contribution >= 4 is 10.0 Å². The third-order valence-corrected chi connectivity index (χ3v) is 2.85. The molecule has 0 aliphatic rings. The summed E-state index contributed by atoms with van der Waals surface area (Å²) in [6.45, 7) is 0.271. The first kappa shape index (κ1) is 11.4. The van der Waals surface area contributed by atoms with Crippen molar-refractivity contribution in [2.75, 3.05) is 0 Å². The average Bonchev–Trinajstić information content (AvgIpc) is 2.16. The molecule has 0 aromatic heterocycles. The third kappa shape index (κ3) is 2.89. The standard InChI is InChI=1S/C7H8N3O4S/c8-5-6-1-3-7(4-2-6)15(13,14)9-10(11)12/h1-4H,5,8H2/q-1. The number of nitrogens with zero attached hydrogens (tertiary/aromatic N) is 2. The van der Waals surface area contributed by atoms with Crippen molar-refractivity contribution in [2.45, 2.75) is 11.4 Å². The van der Waals surface area contributed by atoms with Crippen LogP contribution in [0.5, 0.6) is 0 Å². The molecular formula is C7H8N3O4S-. The van der Waals surface area contributed by atoms with Crippen molar-refractivity contribution in [3.63, 3.8) is 0 Å². The Hall–Kier alpha value is -1.67. The zero-order chi connectivity index (χ0) is 11.5. The predicted octanol–water partition coefficient (Wildman–Crippen LogP) is 0.399. The SMILES string of the molecule is NCc1ccc(S(=O)(=O)[N-][N+](=O)[O-])cc1. The average molecular weight is 230 g/mol. The molecule has 0 atom stereocenters. The number of benzene rings is 1. The first-order valence-electron chi connectivity index (χ1n) is 3.87. The highest BCUT2D eigenvalue weighted by Crippen LogP contribution is 2.16. The Morgan fingerprint density at radius 1 is 1.33 bits per heavy atom. The Kier molecular flexibility index (Phi) is 3.22. The van der Waals surface area contributed by atoms with Gasteiger partial charge in [-0.25, -0.2) is 8.42 Å². The Morgan fingerprint density at radius 3 is 2.27 bits per heavy atom. The van der Waals surface area contributed by atoms with E-state index in [0.29, 0.717) is 0 Å². The second-order valence-electron chi connectivity index (χ2n) is 2.64. The second-order valence-corrected chi connectivity index (χ2v) is 4.23. The lowest BCUT2D eigenvalue weighted by Gasteiger charge is -2.10. The summed E-state index contributed by atoms with van der Waals surface area (Å²) in [4.78, 5) is 12.1. The van der Waals surface area contributed by atoms with Gasteiger partial charge in [0.1, 0.15) is 0 Å². The van der Waals surface area contributed by atoms with Crippen LogP contribution in [0.2, 0.25) is 0 Å². The summed E-state index contributed by atoms with van der Waals surface area (Å²) in [6, 6.07) is 5.40. The minimum atomic E-state index is -4.20. The van der Waals surface area contributed by atoms with E-state index in [2.05, 4.69) is 4.83 Å². The van der Waals surface area contributed by atoms with E-state index in [4.69, 9.17) is 5.73 Å². The highest BCUT2D eigenvalue weighted by Gasteiger charge is 2.08. The van der Waals surface area contributed by atoms with Crippen molar-refractivity contribution in [3.8, 4) is 0 Å². The summed E-state index contributed by atoms with van der Waals surface area (Å²) < 4.78 is 22.4. The van der Waals surface area contributed by atoms with Crippen LogP contribution in [0.3, 0.4) is 0 Å². The molecule has 0 aliphatic heterocycles. The fourth-order valence-corrected chi connectivity index (χ4v) is 1.68. The molecule has 0 saturated heterocycles. The lowest BCUT2D eigenvalue weighted by Crippen LogP contribution is -2.05. The van der Waals surface area contributed by atoms with Gasteiger partial charge in [0.15, 0.2) is 10.0 Å². The number of nitrogens with two attached hydrogens (primary N) is 1. The molecule has 15 heavy (non-hydrogen) atoms. The minimum Gasteiger partial charge on any atom is -0.326 e. The molecular weight excluding hydrogens is 222 g/mol. The smallest absolute Gasteiger partial charge is 0.172 e. The van der Waals surface area contributed by atoms with Gasteiger partial charge < -0.3 is 5.73 Å². The van der Waals surface area contributed by atoms with Gasteiger partial charge in [0.05, 0.1) is 4.90 Å². The summed E-state index contributed by atoms with van der Waals surface area (Å²) in [7, 11) is -4.20. The Balaban J connectivity index is 3.01. The van der Waals surface area contributed by atoms with Crippen molar-refractivity contribution < 1.29 is 13.5 Å². The zero-order valence-electron chi connectivity index (χ0n) is 7.53. The molecule has 0 saturated carbocycles. The molecule has 0 aliphatic carbocycles. The van der Waals surface area contributed by atoms with E-state index in [1.165, 1.54) is 24.3 Å². The van der Waals surface area contributed by atoms with Crippen molar-refractivity contribution in [1.29, 1.82) is 0 Å². The summed E-state index contributed by atoms with van der Waals surface area (Å²) in [5, 5.41) is 8.71. The first-order valence-corrected chi connectivity index (χ1v) is 5.31. The van der Waals surface area contributed by atoms with Crippen LogP contribution in [0.4, 0.5) is 0 Å². The van der Waals surface area contributed by atoms with Gasteiger partial charge in [-0.05, 0) is 22.7 Å². The lowest BCUT2D eigenvalue weighted by molar-refractivity contribution is -0.412. The summed E-state index contributed by atoms with van der Waals surface area (Å²) in [5.74, 6) is 0. The Labute approximate surface area is 86.1 Å². The maximum absolute atomic E-state index is 11.2. The van der Waals surface area contributed by atoms with E-state index >= 15 is 0 Å². The van der Waals surface area contributed by atoms with Crippen LogP contribution < -0.4 is 5.73 Å². The van der Waals surface area contributed by atoms with Gasteiger partial charge in [0, 0.05) is 6.54 Å². The highest BCUT2D eigenvalue weighted by molar-refractivity contribution is 7.93. The van der Waals surface area contributed by atoms with Crippen LogP contribution in [0.15, 0.2) is 29.2 Å². The molecule has 0 amide bonds. The summed E-state index contributed by atoms with van der Waals surface area (Å²) in [5.41, 5.74) is 6.04. The number of sulfonamides is 1. The van der Waals surface area contributed by atoms with Crippen LogP contribution in [-0.4, -0.2) is 13.5 Å². The maximum atomic E-state index is 11.2. The van der Waals surface area contributed by atoms with Crippen LogP contribution in [0.25, 0.3) is 4.83 Å². The van der Waals surface area contributed by atoms with E-state index in [9.17, 15) is 18.5 Å². The van der Waals surface area contributed by atoms with Gasteiger partial charge in [-0.15, -0.1) is 0 Å². The molecule has 1 aromatic rings. The molecule has 8 heteroatoms. The normalized spacial score (nSPS) is 11.0. The molecule has 0 unspecified atom stereocenters. The van der Waals surface area contributed by atoms with Gasteiger partial charge >= 0.3 is 0 Å². The molecule has 0 spiro atoms. The van der Waals surface area contributed by atoms with Crippen molar-refractivity contribution in [3.05, 3.63) is 44.8 Å². The molecule has 82 valence electrons. The first-order chi connectivity index (χ1) is 6.95. The fraction of sp³-hybridized carbons (Fsp3) is 0.143. The molecule has 0 bridgehead atoms. The Bertz CT molecular complexity index is 454. The molecule has 0 radical (unpaired) electrons. The monoisotopic (exact) mass is 230 g/mol. The number of hydrogen-bond acceptors (Lipinski definition) is 5. The van der Waals surface area contributed by atoms with E-state index in [1.807, 2.05) is 0 Å². The largest absolute Gasteiger partial charge is 0.326 e. The predicted molar refractivity (Wildman–Crippen MR) is 51.9 cm³/mol. The van der Waals surface area contributed by atoms with Crippen LogP contribution >= 0.6 is 0 Å². The molecule has 1 rings (SSSR count). The summed E-state index contributed by atoms with van der Waals surface area (Å²) >= 11 is 0. The third-order valence-electron chi connectivity index (χ3n) is 1.63. The quantitative estimate of drug-likeness (QED) is 0.593. The van der Waals surface area contributed by atoms with Gasteiger partial charge in [0.2, 0.25) is 0 Å². The van der Waals surface area contributed by atoms with Crippen molar-refractivity contribution in [2.24, 2.45) is 5.73 Å². The van der Waals surface area contributed by atoms with Crippen LogP contribution in [-0.2, 0) is 16.6 Å². The topological polar surface area (TPSA) is 117 Å². The van der Waals surface area contributed by atoms with Crippen LogP contribution in [0.1, 0.15) is 5.56 Å². The fourth-order valence-electron chi connectivity index (χ4n) is 0.932. The summed E-state index contributed by atoms with van der Waals surface area (Å²) in [6.07, 6.45) is 0. The number of rotatable bonds is 4. The zero-order valence-corrected chi connectivity index (χ0v) is 8.35. The molecule has 2 N–H and O–H groups in total. The van der Waals surface area contributed by atoms with Gasteiger partial charge in [-0.2, -0.15) is 0 Å². The minimum absolute atomic E-state index is 0.226. The number of hydrogen-bond donors (Lipinski definition) is 1. The van der Waals surface area contributed by atoms with Gasteiger partial charge in [0.25, 0.3) is 0 Å². The van der Waals surface area contributed by atoms with E-state index in [1.54, 1.807) is 0 Å². The second kappa shape index (κ2) is 4.24.